The zero-order valence-electron chi connectivity index (χ0n) is 9.76. The third-order valence-corrected chi connectivity index (χ3v) is 3.57. The van der Waals surface area contributed by atoms with Gasteiger partial charge in [-0.05, 0) is 44.0 Å². The van der Waals surface area contributed by atoms with Crippen molar-refractivity contribution in [3.8, 4) is 0 Å². The van der Waals surface area contributed by atoms with E-state index in [4.69, 9.17) is 0 Å². The highest BCUT2D eigenvalue weighted by atomic mass is 79.9. The Balaban J connectivity index is 2.66. The predicted octanol–water partition coefficient (Wildman–Crippen LogP) is 3.63. The molecule has 1 aromatic rings. The van der Waals surface area contributed by atoms with E-state index in [1.54, 1.807) is 0 Å². The van der Waals surface area contributed by atoms with Crippen molar-refractivity contribution < 1.29 is 0 Å². The Morgan fingerprint density at radius 2 is 2.13 bits per heavy atom. The van der Waals surface area contributed by atoms with Gasteiger partial charge in [-0.3, -0.25) is 0 Å². The maximum Gasteiger partial charge on any atom is 0.0177 e. The number of halogens is 1. The lowest BCUT2D eigenvalue weighted by molar-refractivity contribution is 0.381. The molecule has 1 aromatic carbocycles. The SMILES string of the molecule is CCC(Cc1cccc(Br)c1)C(C)NC. The molecule has 84 valence electrons. The second-order valence-corrected chi connectivity index (χ2v) is 5.00. The van der Waals surface area contributed by atoms with Crippen LogP contribution in [0.3, 0.4) is 0 Å². The number of hydrogen-bond acceptors (Lipinski definition) is 1. The Hall–Kier alpha value is -0.340. The Morgan fingerprint density at radius 3 is 2.67 bits per heavy atom. The predicted molar refractivity (Wildman–Crippen MR) is 70.1 cm³/mol. The maximum absolute atomic E-state index is 3.51. The van der Waals surface area contributed by atoms with Crippen LogP contribution in [-0.4, -0.2) is 13.1 Å². The summed E-state index contributed by atoms with van der Waals surface area (Å²) in [7, 11) is 2.04. The minimum Gasteiger partial charge on any atom is -0.317 e. The Labute approximate surface area is 101 Å². The van der Waals surface area contributed by atoms with Crippen molar-refractivity contribution in [2.24, 2.45) is 5.92 Å². The van der Waals surface area contributed by atoms with E-state index in [1.807, 2.05) is 7.05 Å². The summed E-state index contributed by atoms with van der Waals surface area (Å²) < 4.78 is 1.17. The first kappa shape index (κ1) is 12.7. The van der Waals surface area contributed by atoms with E-state index in [2.05, 4.69) is 59.4 Å². The van der Waals surface area contributed by atoms with Crippen LogP contribution < -0.4 is 5.32 Å². The van der Waals surface area contributed by atoms with Gasteiger partial charge in [-0.2, -0.15) is 0 Å². The van der Waals surface area contributed by atoms with E-state index in [0.29, 0.717) is 12.0 Å². The Morgan fingerprint density at radius 1 is 1.40 bits per heavy atom. The molecule has 0 amide bonds. The fraction of sp³-hybridized carbons (Fsp3) is 0.538. The van der Waals surface area contributed by atoms with Crippen LogP contribution in [0.4, 0.5) is 0 Å². The summed E-state index contributed by atoms with van der Waals surface area (Å²) in [6, 6.07) is 9.18. The molecule has 0 saturated carbocycles. The topological polar surface area (TPSA) is 12.0 Å². The summed E-state index contributed by atoms with van der Waals surface area (Å²) in [5.41, 5.74) is 1.42. The monoisotopic (exact) mass is 269 g/mol. The lowest BCUT2D eigenvalue weighted by Crippen LogP contribution is -2.31. The number of nitrogens with one attached hydrogen (secondary N) is 1. The molecule has 0 saturated heterocycles. The first-order chi connectivity index (χ1) is 7.17. The highest BCUT2D eigenvalue weighted by Gasteiger charge is 2.13. The highest BCUT2D eigenvalue weighted by molar-refractivity contribution is 9.10. The van der Waals surface area contributed by atoms with Gasteiger partial charge in [0, 0.05) is 10.5 Å². The van der Waals surface area contributed by atoms with Crippen molar-refractivity contribution in [1.29, 1.82) is 0 Å². The molecule has 0 radical (unpaired) electrons. The molecular weight excluding hydrogens is 250 g/mol. The second kappa shape index (κ2) is 6.29. The Bertz CT molecular complexity index is 298. The number of rotatable bonds is 5. The number of hydrogen-bond donors (Lipinski definition) is 1. The molecule has 2 unspecified atom stereocenters. The van der Waals surface area contributed by atoms with Crippen molar-refractivity contribution in [3.63, 3.8) is 0 Å². The van der Waals surface area contributed by atoms with E-state index in [9.17, 15) is 0 Å². The fourth-order valence-corrected chi connectivity index (χ4v) is 2.32. The molecule has 0 fully saturated rings. The normalized spacial score (nSPS) is 14.9. The van der Waals surface area contributed by atoms with E-state index in [-0.39, 0.29) is 0 Å². The van der Waals surface area contributed by atoms with Crippen molar-refractivity contribution >= 4 is 15.9 Å². The van der Waals surface area contributed by atoms with Crippen LogP contribution in [0.15, 0.2) is 28.7 Å². The molecular formula is C13H20BrN. The Kier molecular flexibility index (Phi) is 5.34. The van der Waals surface area contributed by atoms with Crippen LogP contribution >= 0.6 is 15.9 Å². The van der Waals surface area contributed by atoms with Gasteiger partial charge in [-0.15, -0.1) is 0 Å². The lowest BCUT2D eigenvalue weighted by atomic mass is 9.91. The van der Waals surface area contributed by atoms with Crippen molar-refractivity contribution in [1.82, 2.24) is 5.32 Å². The van der Waals surface area contributed by atoms with Gasteiger partial charge in [0.2, 0.25) is 0 Å². The van der Waals surface area contributed by atoms with Gasteiger partial charge in [0.1, 0.15) is 0 Å². The van der Waals surface area contributed by atoms with Crippen molar-refractivity contribution in [2.75, 3.05) is 7.05 Å². The van der Waals surface area contributed by atoms with Gasteiger partial charge < -0.3 is 5.32 Å². The molecule has 0 spiro atoms. The quantitative estimate of drug-likeness (QED) is 0.861. The molecule has 0 heterocycles. The van der Waals surface area contributed by atoms with Gasteiger partial charge in [0.15, 0.2) is 0 Å². The number of benzene rings is 1. The van der Waals surface area contributed by atoms with Crippen LogP contribution in [0, 0.1) is 5.92 Å². The van der Waals surface area contributed by atoms with Gasteiger partial charge in [-0.25, -0.2) is 0 Å². The minimum absolute atomic E-state index is 0.578. The third-order valence-electron chi connectivity index (χ3n) is 3.07. The molecule has 0 aromatic heterocycles. The van der Waals surface area contributed by atoms with Gasteiger partial charge in [0.25, 0.3) is 0 Å². The molecule has 1 rings (SSSR count). The summed E-state index contributed by atoms with van der Waals surface area (Å²) in [4.78, 5) is 0. The smallest absolute Gasteiger partial charge is 0.0177 e. The van der Waals surface area contributed by atoms with Gasteiger partial charge >= 0.3 is 0 Å². The van der Waals surface area contributed by atoms with E-state index in [1.165, 1.54) is 16.5 Å². The van der Waals surface area contributed by atoms with Gasteiger partial charge in [0.05, 0.1) is 0 Å². The lowest BCUT2D eigenvalue weighted by Gasteiger charge is -2.22. The van der Waals surface area contributed by atoms with Crippen molar-refractivity contribution in [2.45, 2.75) is 32.7 Å². The third kappa shape index (κ3) is 3.96. The standard InChI is InChI=1S/C13H20BrN/c1-4-12(10(2)15-3)8-11-6-5-7-13(14)9-11/h5-7,9-10,12,15H,4,8H2,1-3H3. The van der Waals surface area contributed by atoms with Crippen LogP contribution in [-0.2, 0) is 6.42 Å². The molecule has 1 nitrogen and oxygen atoms in total. The van der Waals surface area contributed by atoms with Crippen LogP contribution in [0.25, 0.3) is 0 Å². The summed E-state index contributed by atoms with van der Waals surface area (Å²) in [6.07, 6.45) is 2.37. The summed E-state index contributed by atoms with van der Waals surface area (Å²) in [6.45, 7) is 4.52. The van der Waals surface area contributed by atoms with E-state index >= 15 is 0 Å². The average molecular weight is 270 g/mol. The second-order valence-electron chi connectivity index (χ2n) is 4.08. The first-order valence-electron chi connectivity index (χ1n) is 5.59. The molecule has 0 aliphatic carbocycles. The summed E-state index contributed by atoms with van der Waals surface area (Å²) in [5.74, 6) is 0.712. The largest absolute Gasteiger partial charge is 0.317 e. The minimum atomic E-state index is 0.578. The first-order valence-corrected chi connectivity index (χ1v) is 6.38. The molecule has 1 N–H and O–H groups in total. The summed E-state index contributed by atoms with van der Waals surface area (Å²) in [5, 5.41) is 3.34. The molecule has 0 bridgehead atoms. The molecule has 0 aliphatic rings. The molecule has 2 atom stereocenters. The van der Waals surface area contributed by atoms with Crippen LogP contribution in [0.2, 0.25) is 0 Å². The van der Waals surface area contributed by atoms with Gasteiger partial charge in [-0.1, -0.05) is 41.4 Å². The van der Waals surface area contributed by atoms with Crippen LogP contribution in [0.1, 0.15) is 25.8 Å². The van der Waals surface area contributed by atoms with Crippen molar-refractivity contribution in [3.05, 3.63) is 34.3 Å². The molecule has 0 aliphatic heterocycles. The van der Waals surface area contributed by atoms with E-state index < -0.39 is 0 Å². The zero-order valence-corrected chi connectivity index (χ0v) is 11.3. The average Bonchev–Trinajstić information content (AvgIpc) is 2.25. The maximum atomic E-state index is 3.51. The summed E-state index contributed by atoms with van der Waals surface area (Å²) >= 11 is 3.51. The van der Waals surface area contributed by atoms with E-state index in [0.717, 1.165) is 6.42 Å². The molecule has 15 heavy (non-hydrogen) atoms. The fourth-order valence-electron chi connectivity index (χ4n) is 1.88. The molecule has 2 heteroatoms. The zero-order chi connectivity index (χ0) is 11.3. The van der Waals surface area contributed by atoms with Crippen LogP contribution in [0.5, 0.6) is 0 Å². The highest BCUT2D eigenvalue weighted by Crippen LogP contribution is 2.19.